The van der Waals surface area contributed by atoms with Gasteiger partial charge in [-0.25, -0.2) is 4.68 Å². The van der Waals surface area contributed by atoms with E-state index in [0.29, 0.717) is 48.7 Å². The fourth-order valence-electron chi connectivity index (χ4n) is 4.01. The molecule has 1 saturated heterocycles. The van der Waals surface area contributed by atoms with Gasteiger partial charge in [-0.3, -0.25) is 9.59 Å². The maximum Gasteiger partial charge on any atom is 0.267 e. The number of hydrogen-bond donors (Lipinski definition) is 1. The van der Waals surface area contributed by atoms with Crippen LogP contribution in [-0.2, 0) is 9.59 Å². The van der Waals surface area contributed by atoms with Crippen molar-refractivity contribution in [1.82, 2.24) is 24.7 Å². The van der Waals surface area contributed by atoms with Crippen LogP contribution in [0.15, 0.2) is 53.7 Å². The third-order valence-electron chi connectivity index (χ3n) is 6.03. The van der Waals surface area contributed by atoms with E-state index < -0.39 is 6.10 Å². The van der Waals surface area contributed by atoms with Crippen molar-refractivity contribution in [2.75, 3.05) is 44.4 Å². The Bertz CT molecular complexity index is 1220. The second-order valence-electron chi connectivity index (χ2n) is 8.40. The molecular formula is C24H26N6O4S. The zero-order chi connectivity index (χ0) is 24.4. The molecule has 1 atom stereocenters. The molecule has 0 bridgehead atoms. The quantitative estimate of drug-likeness (QED) is 0.420. The van der Waals surface area contributed by atoms with Gasteiger partial charge in [-0.05, 0) is 19.1 Å². The second kappa shape index (κ2) is 9.87. The van der Waals surface area contributed by atoms with E-state index >= 15 is 0 Å². The highest BCUT2D eigenvalue weighted by Gasteiger charge is 2.33. The highest BCUT2D eigenvalue weighted by molar-refractivity contribution is 7.99. The molecule has 1 fully saturated rings. The van der Waals surface area contributed by atoms with Gasteiger partial charge in [0.05, 0.1) is 5.75 Å². The van der Waals surface area contributed by atoms with Crippen LogP contribution in [-0.4, -0.2) is 81.1 Å². The Morgan fingerprint density at radius 2 is 1.69 bits per heavy atom. The number of nitrogen functional groups attached to an aromatic ring is 1. The number of ether oxygens (including phenoxy) is 2. The summed E-state index contributed by atoms with van der Waals surface area (Å²) in [6.07, 6.45) is -0.679. The maximum absolute atomic E-state index is 12.9. The van der Waals surface area contributed by atoms with Gasteiger partial charge in [-0.1, -0.05) is 53.7 Å². The minimum atomic E-state index is -0.679. The number of para-hydroxylation sites is 2. The highest BCUT2D eigenvalue weighted by atomic mass is 32.2. The summed E-state index contributed by atoms with van der Waals surface area (Å²) in [5, 5.41) is 8.78. The van der Waals surface area contributed by atoms with Crippen LogP contribution in [0.4, 0.5) is 0 Å². The van der Waals surface area contributed by atoms with Crippen molar-refractivity contribution in [3.8, 4) is 22.9 Å². The van der Waals surface area contributed by atoms with Gasteiger partial charge in [-0.2, -0.15) is 0 Å². The van der Waals surface area contributed by atoms with E-state index in [-0.39, 0.29) is 24.2 Å². The van der Waals surface area contributed by atoms with Crippen molar-refractivity contribution in [3.63, 3.8) is 0 Å². The number of nitrogens with two attached hydrogens (primary N) is 1. The first-order valence-corrected chi connectivity index (χ1v) is 12.3. The second-order valence-corrected chi connectivity index (χ2v) is 9.34. The number of nitrogens with zero attached hydrogens (tertiary/aromatic N) is 5. The van der Waals surface area contributed by atoms with Gasteiger partial charge >= 0.3 is 0 Å². The van der Waals surface area contributed by atoms with Gasteiger partial charge in [-0.15, -0.1) is 10.2 Å². The Morgan fingerprint density at radius 1 is 1.00 bits per heavy atom. The number of rotatable bonds is 5. The van der Waals surface area contributed by atoms with Crippen molar-refractivity contribution in [3.05, 3.63) is 54.1 Å². The lowest BCUT2D eigenvalue weighted by Gasteiger charge is -2.37. The van der Waals surface area contributed by atoms with Crippen LogP contribution >= 0.6 is 11.8 Å². The fraction of sp³-hybridized carbons (Fsp3) is 0.333. The number of carbonyl (C=O) groups is 2. The largest absolute Gasteiger partial charge is 0.485 e. The van der Waals surface area contributed by atoms with Crippen molar-refractivity contribution in [2.45, 2.75) is 18.2 Å². The topological polar surface area (TPSA) is 116 Å². The number of carbonyl (C=O) groups excluding carboxylic acids is 2. The Balaban J connectivity index is 1.11. The molecule has 1 unspecified atom stereocenters. The summed E-state index contributed by atoms with van der Waals surface area (Å²) in [5.74, 6) is 7.96. The van der Waals surface area contributed by atoms with Crippen LogP contribution in [0.3, 0.4) is 0 Å². The third-order valence-corrected chi connectivity index (χ3v) is 6.95. The van der Waals surface area contributed by atoms with E-state index in [1.165, 1.54) is 16.4 Å². The number of fused-ring (bicyclic) bond motifs is 1. The Labute approximate surface area is 207 Å². The van der Waals surface area contributed by atoms with Crippen LogP contribution < -0.4 is 15.3 Å². The van der Waals surface area contributed by atoms with Gasteiger partial charge in [0.2, 0.25) is 17.2 Å². The molecule has 11 heteroatoms. The molecule has 2 aliphatic rings. The summed E-state index contributed by atoms with van der Waals surface area (Å²) in [7, 11) is 0. The monoisotopic (exact) mass is 494 g/mol. The van der Waals surface area contributed by atoms with E-state index in [9.17, 15) is 9.59 Å². The predicted molar refractivity (Wildman–Crippen MR) is 131 cm³/mol. The number of hydrogen-bond acceptors (Lipinski definition) is 8. The summed E-state index contributed by atoms with van der Waals surface area (Å²) in [6, 6.07) is 15.1. The van der Waals surface area contributed by atoms with Crippen LogP contribution in [0, 0.1) is 6.92 Å². The zero-order valence-corrected chi connectivity index (χ0v) is 20.1. The molecule has 2 N–H and O–H groups in total. The average molecular weight is 495 g/mol. The van der Waals surface area contributed by atoms with Gasteiger partial charge in [0.25, 0.3) is 5.91 Å². The number of piperazine rings is 1. The van der Waals surface area contributed by atoms with Crippen molar-refractivity contribution in [1.29, 1.82) is 0 Å². The Kier molecular flexibility index (Phi) is 6.49. The first-order valence-electron chi connectivity index (χ1n) is 11.3. The number of aryl methyl sites for hydroxylation is 1. The van der Waals surface area contributed by atoms with Gasteiger partial charge < -0.3 is 25.1 Å². The molecule has 2 aliphatic heterocycles. The Hall–Kier alpha value is -3.73. The lowest BCUT2D eigenvalue weighted by atomic mass is 10.1. The number of amides is 2. The van der Waals surface area contributed by atoms with Crippen molar-refractivity contribution < 1.29 is 19.1 Å². The standard InChI is InChI=1S/C24H26N6O4S/c1-16-6-8-17(9-7-16)22-26-27-24(30(22)25)35-15-21(31)28-10-12-29(13-11-28)23(32)20-14-33-18-4-2-3-5-19(18)34-20/h2-9,20H,10-15,25H2,1H3. The first kappa shape index (κ1) is 23.0. The summed E-state index contributed by atoms with van der Waals surface area (Å²) < 4.78 is 12.9. The maximum atomic E-state index is 12.9. The highest BCUT2D eigenvalue weighted by Crippen LogP contribution is 2.31. The number of benzene rings is 2. The van der Waals surface area contributed by atoms with E-state index in [0.717, 1.165) is 11.1 Å². The minimum Gasteiger partial charge on any atom is -0.485 e. The summed E-state index contributed by atoms with van der Waals surface area (Å²) >= 11 is 1.25. The molecule has 0 radical (unpaired) electrons. The molecule has 0 spiro atoms. The van der Waals surface area contributed by atoms with Crippen LogP contribution in [0.2, 0.25) is 0 Å². The molecule has 182 valence electrons. The van der Waals surface area contributed by atoms with E-state index in [4.69, 9.17) is 15.3 Å². The van der Waals surface area contributed by atoms with Crippen LogP contribution in [0.5, 0.6) is 11.5 Å². The number of thioether (sulfide) groups is 1. The third kappa shape index (κ3) is 4.90. The van der Waals surface area contributed by atoms with Crippen LogP contribution in [0.25, 0.3) is 11.4 Å². The smallest absolute Gasteiger partial charge is 0.267 e. The summed E-state index contributed by atoms with van der Waals surface area (Å²) in [6.45, 7) is 3.99. The van der Waals surface area contributed by atoms with Crippen molar-refractivity contribution >= 4 is 23.6 Å². The lowest BCUT2D eigenvalue weighted by molar-refractivity contribution is -0.145. The minimum absolute atomic E-state index is 0.0341. The Morgan fingerprint density at radius 3 is 2.43 bits per heavy atom. The van der Waals surface area contributed by atoms with Crippen LogP contribution in [0.1, 0.15) is 5.56 Å². The molecule has 10 nitrogen and oxygen atoms in total. The molecule has 2 aromatic carbocycles. The first-order chi connectivity index (χ1) is 17.0. The summed E-state index contributed by atoms with van der Waals surface area (Å²) in [4.78, 5) is 29.2. The molecule has 0 aliphatic carbocycles. The molecule has 3 heterocycles. The molecule has 3 aromatic rings. The fourth-order valence-corrected chi connectivity index (χ4v) is 4.77. The molecule has 5 rings (SSSR count). The van der Waals surface area contributed by atoms with E-state index in [1.54, 1.807) is 15.9 Å². The molecule has 35 heavy (non-hydrogen) atoms. The molecular weight excluding hydrogens is 468 g/mol. The molecule has 2 amide bonds. The lowest BCUT2D eigenvalue weighted by Crippen LogP contribution is -2.55. The predicted octanol–water partition coefficient (Wildman–Crippen LogP) is 1.57. The van der Waals surface area contributed by atoms with E-state index in [1.807, 2.05) is 49.4 Å². The SMILES string of the molecule is Cc1ccc(-c2nnc(SCC(=O)N3CCN(C(=O)C4COc5ccccc5O4)CC3)n2N)cc1. The average Bonchev–Trinajstić information content (AvgIpc) is 3.27. The van der Waals surface area contributed by atoms with Crippen molar-refractivity contribution in [2.24, 2.45) is 0 Å². The van der Waals surface area contributed by atoms with Gasteiger partial charge in [0, 0.05) is 31.7 Å². The molecule has 1 aromatic heterocycles. The summed E-state index contributed by atoms with van der Waals surface area (Å²) in [5.41, 5.74) is 2.00. The molecule has 0 saturated carbocycles. The van der Waals surface area contributed by atoms with Gasteiger partial charge in [0.15, 0.2) is 17.3 Å². The number of aromatic nitrogens is 3. The van der Waals surface area contributed by atoms with Gasteiger partial charge in [0.1, 0.15) is 6.61 Å². The van der Waals surface area contributed by atoms with E-state index in [2.05, 4.69) is 10.2 Å². The normalized spacial score (nSPS) is 17.3. The zero-order valence-electron chi connectivity index (χ0n) is 19.3.